The van der Waals surface area contributed by atoms with E-state index in [-0.39, 0.29) is 22.4 Å². The van der Waals surface area contributed by atoms with Crippen LogP contribution in [0.15, 0.2) is 41.4 Å². The number of carbonyl (C=O) groups is 1. The number of hydrogen-bond acceptors (Lipinski definition) is 7. The molecule has 3 heterocycles. The number of fused-ring (bicyclic) bond motifs is 1. The Bertz CT molecular complexity index is 1430. The van der Waals surface area contributed by atoms with Gasteiger partial charge in [0.1, 0.15) is 4.83 Å². The van der Waals surface area contributed by atoms with Gasteiger partial charge in [-0.1, -0.05) is 18.2 Å². The van der Waals surface area contributed by atoms with E-state index in [1.165, 1.54) is 30.7 Å². The number of pyridine rings is 1. The number of aryl methyl sites for hydroxylation is 4. The molecule has 0 aliphatic heterocycles. The summed E-state index contributed by atoms with van der Waals surface area (Å²) in [5.74, 6) is -0.441. The lowest BCUT2D eigenvalue weighted by molar-refractivity contribution is 0.103. The van der Waals surface area contributed by atoms with Crippen molar-refractivity contribution < 1.29 is 17.9 Å². The number of nitrogens with one attached hydrogen (secondary N) is 2. The fraction of sp³-hybridized carbons (Fsp3) is 0.227. The van der Waals surface area contributed by atoms with Crippen molar-refractivity contribution in [2.75, 3.05) is 17.1 Å². The van der Waals surface area contributed by atoms with Gasteiger partial charge in [-0.2, -0.15) is 5.10 Å². The number of ether oxygens (including phenoxy) is 1. The van der Waals surface area contributed by atoms with Crippen LogP contribution in [0.25, 0.3) is 10.2 Å². The van der Waals surface area contributed by atoms with Crippen molar-refractivity contribution >= 4 is 48.9 Å². The average molecular weight is 486 g/mol. The molecule has 1 aromatic carbocycles. The summed E-state index contributed by atoms with van der Waals surface area (Å²) in [6, 6.07) is 8.60. The molecule has 9 nitrogen and oxygen atoms in total. The number of anilines is 2. The fourth-order valence-corrected chi connectivity index (χ4v) is 5.89. The highest BCUT2D eigenvalue weighted by atomic mass is 32.2. The third kappa shape index (κ3) is 4.29. The summed E-state index contributed by atoms with van der Waals surface area (Å²) in [6.07, 6.45) is 1.36. The van der Waals surface area contributed by atoms with Crippen LogP contribution in [0.1, 0.15) is 26.5 Å². The van der Waals surface area contributed by atoms with Gasteiger partial charge in [-0.25, -0.2) is 13.4 Å². The Balaban J connectivity index is 1.66. The highest BCUT2D eigenvalue weighted by molar-refractivity contribution is 7.92. The van der Waals surface area contributed by atoms with Crippen LogP contribution in [0.2, 0.25) is 0 Å². The summed E-state index contributed by atoms with van der Waals surface area (Å²) in [5.41, 5.74) is 3.12. The Hall–Kier alpha value is -3.44. The molecule has 0 spiro atoms. The topological polar surface area (TPSA) is 115 Å². The number of rotatable bonds is 6. The van der Waals surface area contributed by atoms with E-state index in [1.54, 1.807) is 10.7 Å². The van der Waals surface area contributed by atoms with E-state index in [1.807, 2.05) is 46.0 Å². The lowest BCUT2D eigenvalue weighted by atomic mass is 10.1. The van der Waals surface area contributed by atoms with E-state index in [9.17, 15) is 13.2 Å². The first-order chi connectivity index (χ1) is 15.6. The molecule has 0 unspecified atom stereocenters. The van der Waals surface area contributed by atoms with Gasteiger partial charge < -0.3 is 10.1 Å². The van der Waals surface area contributed by atoms with Gasteiger partial charge in [0, 0.05) is 12.4 Å². The fourth-order valence-electron chi connectivity index (χ4n) is 3.52. The molecule has 0 bridgehead atoms. The normalized spacial score (nSPS) is 11.5. The Morgan fingerprint density at radius 2 is 1.85 bits per heavy atom. The van der Waals surface area contributed by atoms with Crippen molar-refractivity contribution in [3.05, 3.63) is 58.2 Å². The highest BCUT2D eigenvalue weighted by Gasteiger charge is 2.24. The third-order valence-electron chi connectivity index (χ3n) is 5.20. The summed E-state index contributed by atoms with van der Waals surface area (Å²) in [4.78, 5) is 18.1. The molecular weight excluding hydrogens is 462 g/mol. The molecule has 0 aliphatic rings. The van der Waals surface area contributed by atoms with Crippen LogP contribution in [-0.4, -0.2) is 36.2 Å². The molecule has 172 valence electrons. The summed E-state index contributed by atoms with van der Waals surface area (Å²) < 4.78 is 35.9. The number of thiophene rings is 1. The van der Waals surface area contributed by atoms with E-state index in [0.29, 0.717) is 10.6 Å². The van der Waals surface area contributed by atoms with E-state index < -0.39 is 10.0 Å². The molecule has 0 atom stereocenters. The number of methoxy groups -OCH3 is 1. The van der Waals surface area contributed by atoms with Gasteiger partial charge in [-0.3, -0.25) is 14.2 Å². The highest BCUT2D eigenvalue weighted by Crippen LogP contribution is 2.31. The summed E-state index contributed by atoms with van der Waals surface area (Å²) in [6.45, 7) is 5.52. The second-order valence-electron chi connectivity index (χ2n) is 7.60. The van der Waals surface area contributed by atoms with Gasteiger partial charge >= 0.3 is 0 Å². The number of sulfonamides is 1. The van der Waals surface area contributed by atoms with Crippen molar-refractivity contribution in [1.29, 1.82) is 0 Å². The number of nitrogens with zero attached hydrogens (tertiary/aromatic N) is 3. The number of para-hydroxylation sites is 1. The maximum absolute atomic E-state index is 13.2. The van der Waals surface area contributed by atoms with Crippen LogP contribution in [0.4, 0.5) is 11.4 Å². The maximum atomic E-state index is 13.2. The lowest BCUT2D eigenvalue weighted by Crippen LogP contribution is -2.17. The first-order valence-corrected chi connectivity index (χ1v) is 12.3. The van der Waals surface area contributed by atoms with E-state index in [0.717, 1.165) is 27.0 Å². The van der Waals surface area contributed by atoms with Crippen molar-refractivity contribution in [2.24, 2.45) is 7.05 Å². The number of carbonyl (C=O) groups excluding carboxylic acids is 1. The maximum Gasteiger partial charge on any atom is 0.267 e. The van der Waals surface area contributed by atoms with Gasteiger partial charge in [0.05, 0.1) is 35.3 Å². The molecule has 4 rings (SSSR count). The first kappa shape index (κ1) is 22.7. The third-order valence-corrected chi connectivity index (χ3v) is 7.74. The van der Waals surface area contributed by atoms with Crippen LogP contribution in [0.3, 0.4) is 0 Å². The summed E-state index contributed by atoms with van der Waals surface area (Å²) >= 11 is 1.31. The minimum atomic E-state index is -4.04. The van der Waals surface area contributed by atoms with E-state index >= 15 is 0 Å². The Kier molecular flexibility index (Phi) is 5.85. The molecule has 0 fully saturated rings. The van der Waals surface area contributed by atoms with Crippen LogP contribution in [-0.2, 0) is 17.1 Å². The van der Waals surface area contributed by atoms with Crippen LogP contribution in [0.5, 0.6) is 5.88 Å². The largest absolute Gasteiger partial charge is 0.480 e. The standard InChI is InChI=1S/C22H23N5O4S2/c1-12-7-6-8-13(2)19(12)26-33(29,30)18-9-15(11-23-21(18)31-5)24-20(28)17-10-16-14(3)25-27(4)22(16)32-17/h6-11,26H,1-5H3,(H,24,28). The quantitative estimate of drug-likeness (QED) is 0.426. The Labute approximate surface area is 195 Å². The predicted octanol–water partition coefficient (Wildman–Crippen LogP) is 4.02. The van der Waals surface area contributed by atoms with Crippen molar-refractivity contribution in [1.82, 2.24) is 14.8 Å². The second-order valence-corrected chi connectivity index (χ2v) is 10.3. The molecular formula is C22H23N5O4S2. The monoisotopic (exact) mass is 485 g/mol. The van der Waals surface area contributed by atoms with Gasteiger partial charge in [0.2, 0.25) is 5.88 Å². The zero-order chi connectivity index (χ0) is 23.9. The van der Waals surface area contributed by atoms with Gasteiger partial charge in [-0.15, -0.1) is 11.3 Å². The van der Waals surface area contributed by atoms with Crippen LogP contribution >= 0.6 is 11.3 Å². The van der Waals surface area contributed by atoms with Crippen molar-refractivity contribution in [3.8, 4) is 5.88 Å². The Morgan fingerprint density at radius 3 is 2.48 bits per heavy atom. The molecule has 2 N–H and O–H groups in total. The molecule has 0 radical (unpaired) electrons. The number of amides is 1. The van der Waals surface area contributed by atoms with E-state index in [4.69, 9.17) is 4.74 Å². The molecule has 3 aromatic heterocycles. The second kappa shape index (κ2) is 8.49. The number of benzene rings is 1. The van der Waals surface area contributed by atoms with Crippen LogP contribution in [0, 0.1) is 20.8 Å². The van der Waals surface area contributed by atoms with Gasteiger partial charge in [0.15, 0.2) is 4.90 Å². The average Bonchev–Trinajstić information content (AvgIpc) is 3.32. The number of aromatic nitrogens is 3. The predicted molar refractivity (Wildman–Crippen MR) is 129 cm³/mol. The van der Waals surface area contributed by atoms with Crippen molar-refractivity contribution in [2.45, 2.75) is 25.7 Å². The molecule has 0 saturated carbocycles. The SMILES string of the molecule is COc1ncc(NC(=O)c2cc3c(C)nn(C)c3s2)cc1S(=O)(=O)Nc1c(C)cccc1C. The van der Waals surface area contributed by atoms with E-state index in [2.05, 4.69) is 20.1 Å². The lowest BCUT2D eigenvalue weighted by Gasteiger charge is -2.15. The van der Waals surface area contributed by atoms with Crippen LogP contribution < -0.4 is 14.8 Å². The zero-order valence-corrected chi connectivity index (χ0v) is 20.4. The molecule has 11 heteroatoms. The molecule has 0 aliphatic carbocycles. The molecule has 0 saturated heterocycles. The molecule has 4 aromatic rings. The van der Waals surface area contributed by atoms with Crippen molar-refractivity contribution in [3.63, 3.8) is 0 Å². The summed E-state index contributed by atoms with van der Waals surface area (Å²) in [7, 11) is -0.884. The van der Waals surface area contributed by atoms with Gasteiger partial charge in [-0.05, 0) is 44.0 Å². The summed E-state index contributed by atoms with van der Waals surface area (Å²) in [5, 5.41) is 7.97. The smallest absolute Gasteiger partial charge is 0.267 e. The zero-order valence-electron chi connectivity index (χ0n) is 18.8. The number of hydrogen-bond donors (Lipinski definition) is 2. The molecule has 1 amide bonds. The first-order valence-electron chi connectivity index (χ1n) is 9.98. The Morgan fingerprint density at radius 1 is 1.15 bits per heavy atom. The molecule has 33 heavy (non-hydrogen) atoms. The minimum Gasteiger partial charge on any atom is -0.480 e. The minimum absolute atomic E-state index is 0.0738. The van der Waals surface area contributed by atoms with Gasteiger partial charge in [0.25, 0.3) is 15.9 Å².